The molecule has 0 aliphatic heterocycles. The van der Waals surface area contributed by atoms with Crippen molar-refractivity contribution in [2.24, 2.45) is 0 Å². The molecule has 0 aliphatic rings. The molecule has 0 aliphatic carbocycles. The Morgan fingerprint density at radius 1 is 1.41 bits per heavy atom. The molecule has 1 heterocycles. The van der Waals surface area contributed by atoms with Gasteiger partial charge in [0, 0.05) is 5.39 Å². The van der Waals surface area contributed by atoms with E-state index in [0.717, 1.165) is 11.3 Å². The molecular formula is C11H10FNO3S. The van der Waals surface area contributed by atoms with Gasteiger partial charge in [-0.15, -0.1) is 11.3 Å². The summed E-state index contributed by atoms with van der Waals surface area (Å²) in [4.78, 5) is 11.7. The van der Waals surface area contributed by atoms with Crippen molar-refractivity contribution < 1.29 is 18.7 Å². The van der Waals surface area contributed by atoms with E-state index in [1.165, 1.54) is 26.4 Å². The summed E-state index contributed by atoms with van der Waals surface area (Å²) in [6.45, 7) is 0. The van der Waals surface area contributed by atoms with E-state index < -0.39 is 11.8 Å². The van der Waals surface area contributed by atoms with Crippen molar-refractivity contribution in [3.8, 4) is 5.75 Å². The number of nitrogen functional groups attached to an aromatic ring is 1. The molecule has 0 saturated carbocycles. The third-order valence-electron chi connectivity index (χ3n) is 2.38. The standard InChI is InChI=1S/C11H10FNO3S/c1-15-8-6(12)4-3-5-7(13)10(11(14)16-2)17-9(5)8/h3-4H,13H2,1-2H3. The van der Waals surface area contributed by atoms with Crippen LogP contribution in [0.4, 0.5) is 10.1 Å². The number of benzene rings is 1. The van der Waals surface area contributed by atoms with Crippen LogP contribution in [0.3, 0.4) is 0 Å². The fraction of sp³-hybridized carbons (Fsp3) is 0.182. The quantitative estimate of drug-likeness (QED) is 0.837. The van der Waals surface area contributed by atoms with Crippen LogP contribution >= 0.6 is 11.3 Å². The molecule has 2 aromatic rings. The molecule has 90 valence electrons. The molecule has 0 spiro atoms. The zero-order valence-electron chi connectivity index (χ0n) is 9.24. The van der Waals surface area contributed by atoms with Gasteiger partial charge in [-0.3, -0.25) is 0 Å². The molecule has 1 aromatic carbocycles. The molecule has 1 aromatic heterocycles. The molecule has 0 bridgehead atoms. The van der Waals surface area contributed by atoms with Crippen LogP contribution in [0.2, 0.25) is 0 Å². The van der Waals surface area contributed by atoms with Crippen molar-refractivity contribution in [3.05, 3.63) is 22.8 Å². The number of carbonyl (C=O) groups is 1. The third kappa shape index (κ3) is 1.70. The lowest BCUT2D eigenvalue weighted by Crippen LogP contribution is -2.01. The molecule has 0 fully saturated rings. The number of fused-ring (bicyclic) bond motifs is 1. The van der Waals surface area contributed by atoms with Crippen LogP contribution in [0.15, 0.2) is 12.1 Å². The number of rotatable bonds is 2. The predicted octanol–water partition coefficient (Wildman–Crippen LogP) is 2.42. The zero-order valence-corrected chi connectivity index (χ0v) is 10.1. The van der Waals surface area contributed by atoms with Gasteiger partial charge in [-0.2, -0.15) is 0 Å². The van der Waals surface area contributed by atoms with Crippen molar-refractivity contribution in [2.75, 3.05) is 20.0 Å². The highest BCUT2D eigenvalue weighted by molar-refractivity contribution is 7.22. The van der Waals surface area contributed by atoms with Crippen molar-refractivity contribution in [1.82, 2.24) is 0 Å². The summed E-state index contributed by atoms with van der Waals surface area (Å²) in [6, 6.07) is 2.77. The van der Waals surface area contributed by atoms with Gasteiger partial charge >= 0.3 is 5.97 Å². The maximum atomic E-state index is 13.5. The molecule has 0 unspecified atom stereocenters. The van der Waals surface area contributed by atoms with Gasteiger partial charge in [-0.1, -0.05) is 0 Å². The molecule has 0 radical (unpaired) electrons. The number of hydrogen-bond acceptors (Lipinski definition) is 5. The lowest BCUT2D eigenvalue weighted by Gasteiger charge is -2.02. The lowest BCUT2D eigenvalue weighted by molar-refractivity contribution is 0.0607. The SMILES string of the molecule is COC(=O)c1sc2c(OC)c(F)ccc2c1N. The van der Waals surface area contributed by atoms with E-state index in [1.807, 2.05) is 0 Å². The highest BCUT2D eigenvalue weighted by Crippen LogP contribution is 2.40. The van der Waals surface area contributed by atoms with Gasteiger partial charge in [-0.25, -0.2) is 9.18 Å². The van der Waals surface area contributed by atoms with E-state index in [2.05, 4.69) is 4.74 Å². The summed E-state index contributed by atoms with van der Waals surface area (Å²) < 4.78 is 23.5. The van der Waals surface area contributed by atoms with Crippen LogP contribution < -0.4 is 10.5 Å². The average Bonchev–Trinajstić information content (AvgIpc) is 2.66. The summed E-state index contributed by atoms with van der Waals surface area (Å²) >= 11 is 1.06. The van der Waals surface area contributed by atoms with Crippen LogP contribution in [0.1, 0.15) is 9.67 Å². The number of thiophene rings is 1. The largest absolute Gasteiger partial charge is 0.492 e. The number of methoxy groups -OCH3 is 2. The van der Waals surface area contributed by atoms with Gasteiger partial charge in [0.1, 0.15) is 4.88 Å². The number of esters is 1. The molecule has 0 saturated heterocycles. The molecule has 17 heavy (non-hydrogen) atoms. The summed E-state index contributed by atoms with van der Waals surface area (Å²) in [5.41, 5.74) is 6.11. The monoisotopic (exact) mass is 255 g/mol. The normalized spacial score (nSPS) is 10.5. The highest BCUT2D eigenvalue weighted by atomic mass is 32.1. The van der Waals surface area contributed by atoms with Crippen LogP contribution in [-0.4, -0.2) is 20.2 Å². The number of nitrogens with two attached hydrogens (primary N) is 1. The molecule has 4 nitrogen and oxygen atoms in total. The number of carbonyl (C=O) groups excluding carboxylic acids is 1. The number of ether oxygens (including phenoxy) is 2. The number of halogens is 1. The van der Waals surface area contributed by atoms with Gasteiger partial charge in [0.25, 0.3) is 0 Å². The van der Waals surface area contributed by atoms with Crippen LogP contribution in [-0.2, 0) is 4.74 Å². The second-order valence-corrected chi connectivity index (χ2v) is 4.31. The Labute approximate surface area is 101 Å². The average molecular weight is 255 g/mol. The second kappa shape index (κ2) is 4.21. The second-order valence-electron chi connectivity index (χ2n) is 3.29. The minimum Gasteiger partial charge on any atom is -0.492 e. The number of hydrogen-bond donors (Lipinski definition) is 1. The molecule has 2 N–H and O–H groups in total. The van der Waals surface area contributed by atoms with E-state index in [1.54, 1.807) is 0 Å². The van der Waals surface area contributed by atoms with E-state index in [4.69, 9.17) is 10.5 Å². The summed E-state index contributed by atoms with van der Waals surface area (Å²) in [7, 11) is 2.63. The zero-order chi connectivity index (χ0) is 12.6. The van der Waals surface area contributed by atoms with Gasteiger partial charge in [0.2, 0.25) is 0 Å². The first-order valence-corrected chi connectivity index (χ1v) is 5.54. The maximum absolute atomic E-state index is 13.5. The van der Waals surface area contributed by atoms with Crippen molar-refractivity contribution in [2.45, 2.75) is 0 Å². The Hall–Kier alpha value is -1.82. The molecule has 2 rings (SSSR count). The van der Waals surface area contributed by atoms with Gasteiger partial charge in [0.15, 0.2) is 11.6 Å². The van der Waals surface area contributed by atoms with Crippen LogP contribution in [0, 0.1) is 5.82 Å². The maximum Gasteiger partial charge on any atom is 0.350 e. The van der Waals surface area contributed by atoms with Gasteiger partial charge in [-0.05, 0) is 12.1 Å². The molecule has 0 atom stereocenters. The Morgan fingerprint density at radius 2 is 2.12 bits per heavy atom. The minimum atomic E-state index is -0.536. The first-order valence-electron chi connectivity index (χ1n) is 4.73. The summed E-state index contributed by atoms with van der Waals surface area (Å²) in [6.07, 6.45) is 0. The predicted molar refractivity (Wildman–Crippen MR) is 64.1 cm³/mol. The first-order chi connectivity index (χ1) is 8.10. The number of anilines is 1. The Kier molecular flexibility index (Phi) is 2.89. The lowest BCUT2D eigenvalue weighted by atomic mass is 10.2. The topological polar surface area (TPSA) is 61.5 Å². The summed E-state index contributed by atoms with van der Waals surface area (Å²) in [5, 5.41) is 0.591. The molecular weight excluding hydrogens is 245 g/mol. The van der Waals surface area contributed by atoms with Gasteiger partial charge in [0.05, 0.1) is 24.6 Å². The first kappa shape index (κ1) is 11.7. The van der Waals surface area contributed by atoms with Crippen LogP contribution in [0.5, 0.6) is 5.75 Å². The Bertz CT molecular complexity index is 594. The Morgan fingerprint density at radius 3 is 2.71 bits per heavy atom. The highest BCUT2D eigenvalue weighted by Gasteiger charge is 2.20. The van der Waals surface area contributed by atoms with Crippen molar-refractivity contribution in [3.63, 3.8) is 0 Å². The van der Waals surface area contributed by atoms with E-state index in [-0.39, 0.29) is 16.3 Å². The van der Waals surface area contributed by atoms with Crippen LogP contribution in [0.25, 0.3) is 10.1 Å². The fourth-order valence-corrected chi connectivity index (χ4v) is 2.72. The minimum absolute atomic E-state index is 0.0920. The molecule has 6 heteroatoms. The fourth-order valence-electron chi connectivity index (χ4n) is 1.57. The van der Waals surface area contributed by atoms with E-state index in [0.29, 0.717) is 10.1 Å². The smallest absolute Gasteiger partial charge is 0.350 e. The summed E-state index contributed by atoms with van der Waals surface area (Å²) in [5.74, 6) is -0.932. The van der Waals surface area contributed by atoms with E-state index >= 15 is 0 Å². The van der Waals surface area contributed by atoms with E-state index in [9.17, 15) is 9.18 Å². The third-order valence-corrected chi connectivity index (χ3v) is 3.58. The van der Waals surface area contributed by atoms with Gasteiger partial charge < -0.3 is 15.2 Å². The Balaban J connectivity index is 2.77. The van der Waals surface area contributed by atoms with Crippen molar-refractivity contribution >= 4 is 33.1 Å². The molecule has 0 amide bonds. The van der Waals surface area contributed by atoms with Crippen molar-refractivity contribution in [1.29, 1.82) is 0 Å².